The van der Waals surface area contributed by atoms with Crippen LogP contribution in [-0.2, 0) is 4.79 Å². The predicted octanol–water partition coefficient (Wildman–Crippen LogP) is 4.25. The molecule has 2 nitrogen and oxygen atoms in total. The fourth-order valence-electron chi connectivity index (χ4n) is 1.47. The van der Waals surface area contributed by atoms with E-state index in [4.69, 9.17) is 4.79 Å². The number of carbonyl (C=O) groups is 1. The molecule has 0 saturated carbocycles. The van der Waals surface area contributed by atoms with Crippen molar-refractivity contribution in [1.82, 2.24) is 4.98 Å². The Morgan fingerprint density at radius 1 is 1.44 bits per heavy atom. The summed E-state index contributed by atoms with van der Waals surface area (Å²) in [6.45, 7) is 6.37. The minimum absolute atomic E-state index is 1.05. The number of rotatable bonds is 4. The lowest BCUT2D eigenvalue weighted by atomic mass is 10.0. The van der Waals surface area contributed by atoms with Crippen LogP contribution in [0.15, 0.2) is 29.0 Å². The molecule has 0 bridgehead atoms. The van der Waals surface area contributed by atoms with E-state index in [1.807, 2.05) is 19.2 Å². The summed E-state index contributed by atoms with van der Waals surface area (Å²) < 4.78 is 1.05. The number of halogens is 1. The van der Waals surface area contributed by atoms with Gasteiger partial charge in [-0.15, -0.1) is 0 Å². The highest BCUT2D eigenvalue weighted by Gasteiger charge is 2.00. The van der Waals surface area contributed by atoms with Crippen LogP contribution in [0.5, 0.6) is 0 Å². The maximum absolute atomic E-state index is 8.00. The average molecular weight is 284 g/mol. The highest BCUT2D eigenvalue weighted by atomic mass is 79.9. The molecule has 0 amide bonds. The Bertz CT molecular complexity index is 336. The van der Waals surface area contributed by atoms with Crippen molar-refractivity contribution in [2.45, 2.75) is 33.1 Å². The zero-order valence-corrected chi connectivity index (χ0v) is 11.5. The molecule has 0 unspecified atom stereocenters. The van der Waals surface area contributed by atoms with Gasteiger partial charge in [0.25, 0.3) is 0 Å². The van der Waals surface area contributed by atoms with E-state index in [0.29, 0.717) is 0 Å². The molecule has 1 aromatic heterocycles. The molecule has 88 valence electrons. The summed E-state index contributed by atoms with van der Waals surface area (Å²) in [6.07, 6.45) is 9.43. The fraction of sp³-hybridized carbons (Fsp3) is 0.385. The summed E-state index contributed by atoms with van der Waals surface area (Å²) in [4.78, 5) is 12.2. The largest absolute Gasteiger partial charge is 0.307 e. The van der Waals surface area contributed by atoms with E-state index in [2.05, 4.69) is 46.9 Å². The zero-order valence-electron chi connectivity index (χ0n) is 9.87. The number of hydrogen-bond acceptors (Lipinski definition) is 2. The van der Waals surface area contributed by atoms with Crippen LogP contribution in [0.1, 0.15) is 38.7 Å². The number of allylic oxidation sites excluding steroid dienone is 2. The number of aromatic nitrogens is 1. The van der Waals surface area contributed by atoms with Crippen molar-refractivity contribution in [2.75, 3.05) is 0 Å². The van der Waals surface area contributed by atoms with Gasteiger partial charge in [-0.1, -0.05) is 26.3 Å². The van der Waals surface area contributed by atoms with Gasteiger partial charge < -0.3 is 4.79 Å². The average Bonchev–Trinajstić information content (AvgIpc) is 2.31. The van der Waals surface area contributed by atoms with Gasteiger partial charge in [0.15, 0.2) is 0 Å². The van der Waals surface area contributed by atoms with Crippen molar-refractivity contribution in [3.63, 3.8) is 0 Å². The van der Waals surface area contributed by atoms with Crippen molar-refractivity contribution in [1.29, 1.82) is 0 Å². The minimum atomic E-state index is 1.05. The molecule has 3 heteroatoms. The van der Waals surface area contributed by atoms with Crippen molar-refractivity contribution in [2.24, 2.45) is 0 Å². The van der Waals surface area contributed by atoms with Gasteiger partial charge >= 0.3 is 0 Å². The molecule has 0 aliphatic heterocycles. The van der Waals surface area contributed by atoms with Gasteiger partial charge in [0.05, 0.1) is 0 Å². The van der Waals surface area contributed by atoms with Gasteiger partial charge in [-0.05, 0) is 46.0 Å². The lowest BCUT2D eigenvalue weighted by Crippen LogP contribution is -1.86. The van der Waals surface area contributed by atoms with Crippen molar-refractivity contribution in [3.8, 4) is 0 Å². The number of carbonyl (C=O) groups excluding carboxylic acids is 1. The molecule has 0 radical (unpaired) electrons. The van der Waals surface area contributed by atoms with E-state index in [-0.39, 0.29) is 0 Å². The van der Waals surface area contributed by atoms with Crippen LogP contribution in [0.3, 0.4) is 0 Å². The minimum Gasteiger partial charge on any atom is -0.307 e. The number of nitrogens with zero attached hydrogens (tertiary/aromatic N) is 1. The van der Waals surface area contributed by atoms with Gasteiger partial charge in [-0.25, -0.2) is 0 Å². The molecule has 0 fully saturated rings. The first-order valence-corrected chi connectivity index (χ1v) is 6.16. The summed E-state index contributed by atoms with van der Waals surface area (Å²) in [6, 6.07) is 2.13. The van der Waals surface area contributed by atoms with Crippen LogP contribution in [0.25, 0.3) is 5.57 Å². The first-order valence-electron chi connectivity index (χ1n) is 5.36. The molecule has 0 aromatic carbocycles. The highest BCUT2D eigenvalue weighted by molar-refractivity contribution is 9.10. The normalized spacial score (nSPS) is 10.6. The van der Waals surface area contributed by atoms with Crippen LogP contribution in [0.4, 0.5) is 0 Å². The zero-order chi connectivity index (χ0) is 12.4. The van der Waals surface area contributed by atoms with Gasteiger partial charge in [0, 0.05) is 16.9 Å². The Kier molecular flexibility index (Phi) is 8.72. The quantitative estimate of drug-likeness (QED) is 0.827. The molecule has 1 heterocycles. The molecule has 16 heavy (non-hydrogen) atoms. The molecular weight excluding hydrogens is 266 g/mol. The Hall–Kier alpha value is -0.960. The van der Waals surface area contributed by atoms with Crippen LogP contribution < -0.4 is 0 Å². The second kappa shape index (κ2) is 9.28. The third-order valence-electron chi connectivity index (χ3n) is 2.05. The molecule has 0 aliphatic carbocycles. The Morgan fingerprint density at radius 3 is 2.62 bits per heavy atom. The summed E-state index contributed by atoms with van der Waals surface area (Å²) in [7, 11) is 0. The molecule has 0 spiro atoms. The van der Waals surface area contributed by atoms with Crippen molar-refractivity contribution in [3.05, 3.63) is 34.6 Å². The number of pyridine rings is 1. The summed E-state index contributed by atoms with van der Waals surface area (Å²) in [5.74, 6) is 0. The fourth-order valence-corrected chi connectivity index (χ4v) is 1.83. The molecule has 0 N–H and O–H groups in total. The molecule has 1 aromatic rings. The molecular formula is C13H18BrNO. The highest BCUT2D eigenvalue weighted by Crippen LogP contribution is 2.22. The summed E-state index contributed by atoms with van der Waals surface area (Å²) in [5.41, 5.74) is 2.65. The van der Waals surface area contributed by atoms with E-state index >= 15 is 0 Å². The summed E-state index contributed by atoms with van der Waals surface area (Å²) >= 11 is 3.44. The third kappa shape index (κ3) is 5.21. The third-order valence-corrected chi connectivity index (χ3v) is 2.48. The predicted molar refractivity (Wildman–Crippen MR) is 72.2 cm³/mol. The standard InChI is InChI=1S/C12H16BrN.CH2O/c1-3-5-10(6-4-2)11-7-12(13)9-14-8-11;1-2/h5,7-9H,3-4,6H2,1-2H3;1H2/b10-5-;. The van der Waals surface area contributed by atoms with Crippen molar-refractivity contribution >= 4 is 28.3 Å². The molecule has 1 rings (SSSR count). The Labute approximate surface area is 106 Å². The van der Waals surface area contributed by atoms with Crippen LogP contribution in [-0.4, -0.2) is 11.8 Å². The molecule has 0 saturated heterocycles. The smallest absolute Gasteiger partial charge is 0.106 e. The van der Waals surface area contributed by atoms with Gasteiger partial charge in [0.1, 0.15) is 6.79 Å². The van der Waals surface area contributed by atoms with Crippen molar-refractivity contribution < 1.29 is 4.79 Å². The second-order valence-electron chi connectivity index (χ2n) is 3.28. The first kappa shape index (κ1) is 15.0. The first-order chi connectivity index (χ1) is 7.77. The van der Waals surface area contributed by atoms with Gasteiger partial charge in [0.2, 0.25) is 0 Å². The van der Waals surface area contributed by atoms with E-state index in [1.165, 1.54) is 17.6 Å². The molecule has 0 aliphatic rings. The lowest BCUT2D eigenvalue weighted by molar-refractivity contribution is -0.0979. The van der Waals surface area contributed by atoms with Crippen LogP contribution >= 0.6 is 15.9 Å². The number of hydrogen-bond donors (Lipinski definition) is 0. The van der Waals surface area contributed by atoms with Gasteiger partial charge in [-0.2, -0.15) is 0 Å². The summed E-state index contributed by atoms with van der Waals surface area (Å²) in [5, 5.41) is 0. The Morgan fingerprint density at radius 2 is 2.12 bits per heavy atom. The molecule has 0 atom stereocenters. The SMILES string of the molecule is C=O.CC/C=C(/CCC)c1cncc(Br)c1. The Balaban J connectivity index is 0.00000106. The monoisotopic (exact) mass is 283 g/mol. The van der Waals surface area contributed by atoms with Crippen LogP contribution in [0.2, 0.25) is 0 Å². The van der Waals surface area contributed by atoms with E-state index in [1.54, 1.807) is 0 Å². The van der Waals surface area contributed by atoms with E-state index in [0.717, 1.165) is 17.3 Å². The second-order valence-corrected chi connectivity index (χ2v) is 4.20. The topological polar surface area (TPSA) is 30.0 Å². The maximum atomic E-state index is 8.00. The van der Waals surface area contributed by atoms with E-state index < -0.39 is 0 Å². The van der Waals surface area contributed by atoms with Gasteiger partial charge in [-0.3, -0.25) is 4.98 Å². The maximum Gasteiger partial charge on any atom is 0.106 e. The van der Waals surface area contributed by atoms with E-state index in [9.17, 15) is 0 Å². The van der Waals surface area contributed by atoms with Crippen LogP contribution in [0, 0.1) is 0 Å². The lowest BCUT2D eigenvalue weighted by Gasteiger charge is -2.05.